The van der Waals surface area contributed by atoms with Gasteiger partial charge in [-0.3, -0.25) is 19.3 Å². The molecule has 1 aromatic rings. The minimum atomic E-state index is -2.66. The number of aliphatic hydroxyl groups is 3. The molecule has 11 nitrogen and oxygen atoms in total. The maximum absolute atomic E-state index is 13.9. The number of likely N-dealkylation sites (N-methyl/N-ethyl adjacent to an activating group) is 1. The molecule has 1 unspecified atom stereocenters. The van der Waals surface area contributed by atoms with Gasteiger partial charge in [0.2, 0.25) is 5.78 Å². The summed E-state index contributed by atoms with van der Waals surface area (Å²) in [4.78, 5) is 40.6. The topological polar surface area (TPSA) is 183 Å². The van der Waals surface area contributed by atoms with Crippen molar-refractivity contribution in [3.63, 3.8) is 0 Å². The molecule has 0 bridgehead atoms. The number of nitrogens with two attached hydrogens (primary N) is 1. The van der Waals surface area contributed by atoms with Crippen LogP contribution in [0.4, 0.5) is 0 Å². The summed E-state index contributed by atoms with van der Waals surface area (Å²) in [6.45, 7) is 4.47. The van der Waals surface area contributed by atoms with Gasteiger partial charge in [0.25, 0.3) is 5.91 Å². The molecule has 1 aromatic carbocycles. The van der Waals surface area contributed by atoms with Crippen LogP contribution in [0, 0.1) is 11.8 Å². The molecule has 3 aliphatic rings. The lowest BCUT2D eigenvalue weighted by Crippen LogP contribution is -2.65. The molecule has 0 aromatic heterocycles. The van der Waals surface area contributed by atoms with E-state index in [2.05, 4.69) is 5.32 Å². The van der Waals surface area contributed by atoms with Gasteiger partial charge in [0.15, 0.2) is 11.4 Å². The third-order valence-electron chi connectivity index (χ3n) is 8.21. The van der Waals surface area contributed by atoms with E-state index in [1.54, 1.807) is 14.1 Å². The summed E-state index contributed by atoms with van der Waals surface area (Å²) in [5.41, 5.74) is 2.83. The Kier molecular flexibility index (Phi) is 7.06. The second-order valence-corrected chi connectivity index (χ2v) is 10.6. The van der Waals surface area contributed by atoms with E-state index < -0.39 is 58.0 Å². The number of ether oxygens (including phenoxy) is 1. The van der Waals surface area contributed by atoms with Crippen LogP contribution in [0.25, 0.3) is 5.76 Å². The largest absolute Gasteiger partial charge is 0.508 e. The second kappa shape index (κ2) is 9.72. The maximum Gasteiger partial charge on any atom is 0.255 e. The monoisotopic (exact) mass is 529 g/mol. The smallest absolute Gasteiger partial charge is 0.255 e. The summed E-state index contributed by atoms with van der Waals surface area (Å²) < 4.78 is 5.70. The third kappa shape index (κ3) is 3.88. The zero-order chi connectivity index (χ0) is 28.3. The van der Waals surface area contributed by atoms with Crippen LogP contribution in [-0.2, 0) is 27.3 Å². The molecule has 4 rings (SSSR count). The van der Waals surface area contributed by atoms with Crippen molar-refractivity contribution in [1.82, 2.24) is 10.2 Å². The molecule has 0 aliphatic heterocycles. The Labute approximate surface area is 220 Å². The van der Waals surface area contributed by atoms with E-state index in [-0.39, 0.29) is 35.8 Å². The number of aromatic hydroxyl groups is 1. The number of nitrogens with one attached hydrogen (secondary N) is 1. The van der Waals surface area contributed by atoms with E-state index in [1.807, 2.05) is 13.8 Å². The second-order valence-electron chi connectivity index (χ2n) is 10.6. The molecule has 1 amide bonds. The predicted molar refractivity (Wildman–Crippen MR) is 137 cm³/mol. The SMILES string of the molecule is CCC(C)NCc1cc(O)c2c(c1OC)C[C@H]1C[C@H]3[C@H](N(C)C)C(=O)C(C(N)=O)=C(O)[C@@]3(O)C(=O)C1=C2O. The number of aliphatic hydroxyl groups excluding tert-OH is 2. The first-order valence-electron chi connectivity index (χ1n) is 12.6. The highest BCUT2D eigenvalue weighted by Crippen LogP contribution is 2.54. The fourth-order valence-corrected chi connectivity index (χ4v) is 6.17. The Balaban J connectivity index is 1.91. The van der Waals surface area contributed by atoms with E-state index in [9.17, 15) is 34.8 Å². The number of carbonyl (C=O) groups excluding carboxylic acids is 3. The van der Waals surface area contributed by atoms with E-state index in [0.29, 0.717) is 23.4 Å². The Morgan fingerprint density at radius 3 is 2.50 bits per heavy atom. The molecule has 1 saturated carbocycles. The summed E-state index contributed by atoms with van der Waals surface area (Å²) in [6, 6.07) is 0.539. The number of fused-ring (bicyclic) bond motifs is 3. The molecule has 206 valence electrons. The molecule has 11 heteroatoms. The highest BCUT2D eigenvalue weighted by molar-refractivity contribution is 6.24. The van der Waals surface area contributed by atoms with Crippen molar-refractivity contribution in [2.45, 2.75) is 57.3 Å². The number of Topliss-reactive ketones (excluding diaryl/α,β-unsaturated/α-hetero) is 2. The van der Waals surface area contributed by atoms with Crippen molar-refractivity contribution in [3.05, 3.63) is 39.7 Å². The van der Waals surface area contributed by atoms with Crippen LogP contribution in [0.1, 0.15) is 43.4 Å². The van der Waals surface area contributed by atoms with Crippen molar-refractivity contribution >= 4 is 23.2 Å². The minimum Gasteiger partial charge on any atom is -0.508 e. The van der Waals surface area contributed by atoms with Crippen LogP contribution in [-0.4, -0.2) is 81.7 Å². The average Bonchev–Trinajstić information content (AvgIpc) is 2.84. The lowest BCUT2D eigenvalue weighted by Gasteiger charge is -2.50. The van der Waals surface area contributed by atoms with Crippen LogP contribution in [0.2, 0.25) is 0 Å². The van der Waals surface area contributed by atoms with Gasteiger partial charge >= 0.3 is 0 Å². The summed E-state index contributed by atoms with van der Waals surface area (Å²) >= 11 is 0. The fraction of sp³-hybridized carbons (Fsp3) is 0.519. The maximum atomic E-state index is 13.9. The first-order valence-corrected chi connectivity index (χ1v) is 12.6. The van der Waals surface area contributed by atoms with E-state index in [1.165, 1.54) is 18.1 Å². The first kappa shape index (κ1) is 27.6. The Hall–Kier alpha value is -3.41. The number of carbonyl (C=O) groups is 3. The summed E-state index contributed by atoms with van der Waals surface area (Å²) in [6.07, 6.45) is 1.08. The molecule has 0 saturated heterocycles. The van der Waals surface area contributed by atoms with Crippen LogP contribution >= 0.6 is 0 Å². The molecule has 5 atom stereocenters. The zero-order valence-corrected chi connectivity index (χ0v) is 22.2. The van der Waals surface area contributed by atoms with Crippen molar-refractivity contribution < 1.29 is 39.5 Å². The summed E-state index contributed by atoms with van der Waals surface area (Å²) in [5.74, 6) is -6.36. The molecular weight excluding hydrogens is 494 g/mol. The zero-order valence-electron chi connectivity index (χ0n) is 22.2. The molecule has 0 heterocycles. The number of hydrogen-bond donors (Lipinski definition) is 6. The predicted octanol–water partition coefficient (Wildman–Crippen LogP) is 0.861. The van der Waals surface area contributed by atoms with Crippen LogP contribution in [0.5, 0.6) is 11.5 Å². The lowest BCUT2D eigenvalue weighted by molar-refractivity contribution is -0.153. The molecular formula is C27H35N3O8. The van der Waals surface area contributed by atoms with Gasteiger partial charge in [-0.1, -0.05) is 6.92 Å². The Morgan fingerprint density at radius 2 is 1.95 bits per heavy atom. The van der Waals surface area contributed by atoms with Crippen molar-refractivity contribution in [2.75, 3.05) is 21.2 Å². The Morgan fingerprint density at radius 1 is 1.29 bits per heavy atom. The first-order chi connectivity index (χ1) is 17.8. The van der Waals surface area contributed by atoms with Crippen LogP contribution in [0.15, 0.2) is 23.0 Å². The minimum absolute atomic E-state index is 0.00503. The van der Waals surface area contributed by atoms with Gasteiger partial charge in [-0.05, 0) is 52.3 Å². The van der Waals surface area contributed by atoms with Gasteiger partial charge in [-0.15, -0.1) is 0 Å². The van der Waals surface area contributed by atoms with Gasteiger partial charge in [0, 0.05) is 35.2 Å². The third-order valence-corrected chi connectivity index (χ3v) is 8.21. The number of amides is 1. The fourth-order valence-electron chi connectivity index (χ4n) is 6.17. The highest BCUT2D eigenvalue weighted by Gasteiger charge is 2.64. The van der Waals surface area contributed by atoms with Gasteiger partial charge in [-0.25, -0.2) is 0 Å². The number of benzene rings is 1. The van der Waals surface area contributed by atoms with Crippen molar-refractivity contribution in [3.8, 4) is 11.5 Å². The summed E-state index contributed by atoms with van der Waals surface area (Å²) in [5, 5.41) is 48.1. The van der Waals surface area contributed by atoms with Crippen molar-refractivity contribution in [1.29, 1.82) is 0 Å². The number of rotatable bonds is 7. The molecule has 1 fully saturated rings. The molecule has 7 N–H and O–H groups in total. The standard InChI is InChI=1S/C27H35N3O8/c1-6-11(2)29-10-13-9-16(31)18-14(23(13)38-5)7-12-8-15-20(30(3)4)22(33)19(26(28)36)25(35)27(15,37)24(34)17(12)21(18)32/h9,11-12,15,20,29,31-32,35,37H,6-8,10H2,1-5H3,(H2,28,36)/t11?,12-,15-,20-,27-/m0/s1. The number of nitrogens with zero attached hydrogens (tertiary/aromatic N) is 1. The van der Waals surface area contributed by atoms with Crippen molar-refractivity contribution in [2.24, 2.45) is 17.6 Å². The molecule has 38 heavy (non-hydrogen) atoms. The van der Waals surface area contributed by atoms with Crippen LogP contribution < -0.4 is 15.8 Å². The van der Waals surface area contributed by atoms with Gasteiger partial charge in [0.1, 0.15) is 28.6 Å². The number of primary amides is 1. The highest BCUT2D eigenvalue weighted by atomic mass is 16.5. The van der Waals surface area contributed by atoms with E-state index in [4.69, 9.17) is 10.5 Å². The average molecular weight is 530 g/mol. The summed E-state index contributed by atoms with van der Waals surface area (Å²) in [7, 11) is 4.60. The van der Waals surface area contributed by atoms with E-state index in [0.717, 1.165) is 6.42 Å². The van der Waals surface area contributed by atoms with Crippen LogP contribution in [0.3, 0.4) is 0 Å². The Bertz CT molecular complexity index is 1280. The number of ketones is 2. The lowest BCUT2D eigenvalue weighted by atomic mass is 9.57. The van der Waals surface area contributed by atoms with E-state index >= 15 is 0 Å². The number of hydrogen-bond acceptors (Lipinski definition) is 10. The van der Waals surface area contributed by atoms with Gasteiger partial charge in [-0.2, -0.15) is 0 Å². The van der Waals surface area contributed by atoms with Gasteiger partial charge in [0.05, 0.1) is 18.7 Å². The molecule has 3 aliphatic carbocycles. The quantitative estimate of drug-likeness (QED) is 0.277. The molecule has 0 spiro atoms. The van der Waals surface area contributed by atoms with Gasteiger partial charge < -0.3 is 36.2 Å². The molecule has 0 radical (unpaired) electrons. The number of methoxy groups -OCH3 is 1. The number of phenols is 1. The number of phenolic OH excluding ortho intramolecular Hbond substituents is 1. The normalized spacial score (nSPS) is 27.7.